The number of nitrogens with one attached hydrogen (secondary N) is 1. The van der Waals surface area contributed by atoms with Gasteiger partial charge in [-0.05, 0) is 37.3 Å². The summed E-state index contributed by atoms with van der Waals surface area (Å²) in [6.45, 7) is 3.63. The summed E-state index contributed by atoms with van der Waals surface area (Å²) < 4.78 is 1.74. The molecule has 9 nitrogen and oxygen atoms in total. The summed E-state index contributed by atoms with van der Waals surface area (Å²) >= 11 is 1.44. The van der Waals surface area contributed by atoms with Crippen LogP contribution in [-0.4, -0.2) is 30.6 Å². The average molecular weight is 408 g/mol. The average Bonchev–Trinajstić information content (AvgIpc) is 3.29. The van der Waals surface area contributed by atoms with Crippen molar-refractivity contribution in [1.82, 2.24) is 19.8 Å². The molecule has 146 valence electrons. The molecule has 1 amide bonds. The van der Waals surface area contributed by atoms with Gasteiger partial charge in [-0.25, -0.2) is 0 Å². The van der Waals surface area contributed by atoms with Crippen LogP contribution in [0.1, 0.15) is 28.7 Å². The number of nitrogens with zero attached hydrogens (tertiary/aromatic N) is 5. The third-order valence-electron chi connectivity index (χ3n) is 4.43. The minimum absolute atomic E-state index is 0.0808. The quantitative estimate of drug-likeness (QED) is 0.396. The Labute approximate surface area is 169 Å². The standard InChI is InChI=1S/C19H16N6O3S/c1-3-16-21-22-19-24(16)23-18(29-19)12-6-8-14(9-7-12)20-17(26)13-5-4-11(2)15(10-13)25(27)28/h4-10H,3H2,1-2H3,(H,20,26). The number of carbonyl (C=O) groups excluding carboxylic acids is 1. The number of hydrogen-bond acceptors (Lipinski definition) is 7. The number of anilines is 1. The number of hydrogen-bond donors (Lipinski definition) is 1. The topological polar surface area (TPSA) is 115 Å². The summed E-state index contributed by atoms with van der Waals surface area (Å²) in [7, 11) is 0. The van der Waals surface area contributed by atoms with Gasteiger partial charge in [0.25, 0.3) is 11.6 Å². The molecular weight excluding hydrogens is 392 g/mol. The number of nitro groups is 1. The first-order valence-corrected chi connectivity index (χ1v) is 9.66. The van der Waals surface area contributed by atoms with Crippen LogP contribution in [0.5, 0.6) is 0 Å². The second-order valence-electron chi connectivity index (χ2n) is 6.36. The van der Waals surface area contributed by atoms with Gasteiger partial charge in [0.05, 0.1) is 4.92 Å². The Hall–Kier alpha value is -3.66. The highest BCUT2D eigenvalue weighted by atomic mass is 32.1. The lowest BCUT2D eigenvalue weighted by Gasteiger charge is -2.06. The first kappa shape index (κ1) is 18.7. The SMILES string of the molecule is CCc1nnc2sc(-c3ccc(NC(=O)c4ccc(C)c([N+](=O)[O-])c4)cc3)nn12. The van der Waals surface area contributed by atoms with E-state index in [-0.39, 0.29) is 11.3 Å². The van der Waals surface area contributed by atoms with Crippen molar-refractivity contribution in [3.05, 3.63) is 69.5 Å². The zero-order chi connectivity index (χ0) is 20.5. The smallest absolute Gasteiger partial charge is 0.273 e. The molecule has 0 bridgehead atoms. The number of rotatable bonds is 5. The molecule has 0 radical (unpaired) electrons. The van der Waals surface area contributed by atoms with Gasteiger partial charge >= 0.3 is 0 Å². The number of benzene rings is 2. The highest BCUT2D eigenvalue weighted by molar-refractivity contribution is 7.19. The lowest BCUT2D eigenvalue weighted by atomic mass is 10.1. The Balaban J connectivity index is 1.53. The Kier molecular flexibility index (Phi) is 4.77. The van der Waals surface area contributed by atoms with Gasteiger partial charge in [0.1, 0.15) is 5.01 Å². The second-order valence-corrected chi connectivity index (χ2v) is 7.32. The third-order valence-corrected chi connectivity index (χ3v) is 5.38. The third kappa shape index (κ3) is 3.57. The molecule has 4 rings (SSSR count). The van der Waals surface area contributed by atoms with Crippen molar-refractivity contribution in [3.63, 3.8) is 0 Å². The lowest BCUT2D eigenvalue weighted by Crippen LogP contribution is -2.12. The molecule has 0 aliphatic heterocycles. The van der Waals surface area contributed by atoms with Crippen molar-refractivity contribution >= 4 is 33.6 Å². The van der Waals surface area contributed by atoms with Crippen molar-refractivity contribution in [2.75, 3.05) is 5.32 Å². The molecule has 2 aromatic heterocycles. The predicted octanol–water partition coefficient (Wildman–Crippen LogP) is 3.88. The van der Waals surface area contributed by atoms with Crippen LogP contribution in [0.15, 0.2) is 42.5 Å². The van der Waals surface area contributed by atoms with Crippen molar-refractivity contribution < 1.29 is 9.72 Å². The van der Waals surface area contributed by atoms with Crippen LogP contribution in [0, 0.1) is 17.0 Å². The molecule has 0 saturated carbocycles. The van der Waals surface area contributed by atoms with Crippen LogP contribution in [0.2, 0.25) is 0 Å². The molecule has 0 atom stereocenters. The summed E-state index contributed by atoms with van der Waals surface area (Å²) in [4.78, 5) is 23.8. The predicted molar refractivity (Wildman–Crippen MR) is 109 cm³/mol. The minimum atomic E-state index is -0.495. The van der Waals surface area contributed by atoms with E-state index in [0.29, 0.717) is 11.3 Å². The Morgan fingerprint density at radius 3 is 2.66 bits per heavy atom. The summed E-state index contributed by atoms with van der Waals surface area (Å²) in [5.41, 5.74) is 2.13. The van der Waals surface area contributed by atoms with Gasteiger partial charge in [0.15, 0.2) is 5.82 Å². The van der Waals surface area contributed by atoms with Gasteiger partial charge in [0, 0.05) is 34.9 Å². The van der Waals surface area contributed by atoms with Gasteiger partial charge in [-0.15, -0.1) is 10.2 Å². The maximum absolute atomic E-state index is 12.4. The van der Waals surface area contributed by atoms with E-state index in [4.69, 9.17) is 0 Å². The highest BCUT2D eigenvalue weighted by Crippen LogP contribution is 2.27. The summed E-state index contributed by atoms with van der Waals surface area (Å²) in [6, 6.07) is 11.6. The van der Waals surface area contributed by atoms with Crippen LogP contribution in [-0.2, 0) is 6.42 Å². The van der Waals surface area contributed by atoms with E-state index in [1.807, 2.05) is 19.1 Å². The normalized spacial score (nSPS) is 11.0. The molecule has 1 N–H and O–H groups in total. The van der Waals surface area contributed by atoms with Crippen molar-refractivity contribution in [2.24, 2.45) is 0 Å². The molecule has 2 heterocycles. The molecule has 0 aliphatic rings. The molecule has 0 aliphatic carbocycles. The van der Waals surface area contributed by atoms with Crippen LogP contribution in [0.4, 0.5) is 11.4 Å². The summed E-state index contributed by atoms with van der Waals surface area (Å²) in [6.07, 6.45) is 0.743. The van der Waals surface area contributed by atoms with Crippen LogP contribution in [0.3, 0.4) is 0 Å². The molecule has 0 spiro atoms. The van der Waals surface area contributed by atoms with Gasteiger partial charge in [-0.1, -0.05) is 24.3 Å². The van der Waals surface area contributed by atoms with Crippen molar-refractivity contribution in [3.8, 4) is 10.6 Å². The molecule has 0 saturated heterocycles. The first-order valence-electron chi connectivity index (χ1n) is 8.84. The molecule has 10 heteroatoms. The van der Waals surface area contributed by atoms with Gasteiger partial charge in [-0.2, -0.15) is 9.61 Å². The van der Waals surface area contributed by atoms with E-state index in [2.05, 4.69) is 20.6 Å². The molecular formula is C19H16N6O3S. The Morgan fingerprint density at radius 1 is 1.21 bits per heavy atom. The first-order chi connectivity index (χ1) is 14.0. The maximum Gasteiger partial charge on any atom is 0.273 e. The maximum atomic E-state index is 12.4. The number of fused-ring (bicyclic) bond motifs is 1. The van der Waals surface area contributed by atoms with E-state index in [0.717, 1.165) is 27.8 Å². The fourth-order valence-corrected chi connectivity index (χ4v) is 3.70. The fraction of sp³-hybridized carbons (Fsp3) is 0.158. The zero-order valence-electron chi connectivity index (χ0n) is 15.6. The van der Waals surface area contributed by atoms with E-state index in [1.54, 1.807) is 35.7 Å². The number of nitro benzene ring substituents is 1. The Morgan fingerprint density at radius 2 is 1.97 bits per heavy atom. The largest absolute Gasteiger partial charge is 0.322 e. The van der Waals surface area contributed by atoms with Crippen LogP contribution < -0.4 is 5.32 Å². The molecule has 0 unspecified atom stereocenters. The highest BCUT2D eigenvalue weighted by Gasteiger charge is 2.16. The van der Waals surface area contributed by atoms with E-state index < -0.39 is 10.8 Å². The number of aryl methyl sites for hydroxylation is 2. The fourth-order valence-electron chi connectivity index (χ4n) is 2.84. The molecule has 29 heavy (non-hydrogen) atoms. The van der Waals surface area contributed by atoms with Gasteiger partial charge in [-0.3, -0.25) is 14.9 Å². The summed E-state index contributed by atoms with van der Waals surface area (Å²) in [5.74, 6) is 0.394. The van der Waals surface area contributed by atoms with Crippen LogP contribution >= 0.6 is 11.3 Å². The number of amides is 1. The zero-order valence-corrected chi connectivity index (χ0v) is 16.4. The van der Waals surface area contributed by atoms with E-state index in [1.165, 1.54) is 17.4 Å². The second kappa shape index (κ2) is 7.40. The molecule has 4 aromatic rings. The molecule has 0 fully saturated rings. The van der Waals surface area contributed by atoms with Crippen molar-refractivity contribution in [2.45, 2.75) is 20.3 Å². The molecule has 2 aromatic carbocycles. The number of carbonyl (C=O) groups is 1. The van der Waals surface area contributed by atoms with Gasteiger partial charge < -0.3 is 5.32 Å². The van der Waals surface area contributed by atoms with E-state index in [9.17, 15) is 14.9 Å². The van der Waals surface area contributed by atoms with Crippen molar-refractivity contribution in [1.29, 1.82) is 0 Å². The number of aromatic nitrogens is 4. The minimum Gasteiger partial charge on any atom is -0.322 e. The lowest BCUT2D eigenvalue weighted by molar-refractivity contribution is -0.385. The van der Waals surface area contributed by atoms with Crippen LogP contribution in [0.25, 0.3) is 15.5 Å². The van der Waals surface area contributed by atoms with Gasteiger partial charge in [0.2, 0.25) is 4.96 Å². The van der Waals surface area contributed by atoms with E-state index >= 15 is 0 Å². The Bertz CT molecular complexity index is 1230. The monoisotopic (exact) mass is 408 g/mol. The summed E-state index contributed by atoms with van der Waals surface area (Å²) in [5, 5.41) is 27.4.